The smallest absolute Gasteiger partial charge is 0.142 e. The van der Waals surface area contributed by atoms with Crippen molar-refractivity contribution in [2.24, 2.45) is 0 Å². The van der Waals surface area contributed by atoms with Gasteiger partial charge in [-0.15, -0.1) is 0 Å². The molecule has 21 heavy (non-hydrogen) atoms. The first kappa shape index (κ1) is 15.0. The summed E-state index contributed by atoms with van der Waals surface area (Å²) in [6.45, 7) is 7.15. The molecule has 0 aliphatic heterocycles. The van der Waals surface area contributed by atoms with E-state index in [1.54, 1.807) is 0 Å². The minimum atomic E-state index is 0.610. The Balaban J connectivity index is 2.30. The number of hydrogen-bond donors (Lipinski definition) is 2. The molecule has 112 valence electrons. The molecule has 0 aromatic heterocycles. The zero-order chi connectivity index (χ0) is 15.2. The van der Waals surface area contributed by atoms with Gasteiger partial charge in [0.05, 0.1) is 18.9 Å². The van der Waals surface area contributed by atoms with Crippen LogP contribution in [0.1, 0.15) is 19.4 Å². The van der Waals surface area contributed by atoms with Crippen molar-refractivity contribution in [2.45, 2.75) is 20.8 Å². The van der Waals surface area contributed by atoms with E-state index in [0.717, 1.165) is 34.1 Å². The average Bonchev–Trinajstić information content (AvgIpc) is 2.46. The van der Waals surface area contributed by atoms with Crippen LogP contribution in [-0.2, 0) is 0 Å². The van der Waals surface area contributed by atoms with Gasteiger partial charge in [0.2, 0.25) is 0 Å². The highest BCUT2D eigenvalue weighted by molar-refractivity contribution is 5.70. The van der Waals surface area contributed by atoms with Crippen LogP contribution in [0.5, 0.6) is 11.5 Å². The minimum absolute atomic E-state index is 0.610. The molecule has 4 heteroatoms. The molecule has 0 radical (unpaired) electrons. The lowest BCUT2D eigenvalue weighted by Crippen LogP contribution is -2.00. The number of nitrogen functional groups attached to an aromatic ring is 1. The summed E-state index contributed by atoms with van der Waals surface area (Å²) in [5.41, 5.74) is 9.57. The molecule has 0 unspecified atom stereocenters. The maximum Gasteiger partial charge on any atom is 0.142 e. The third-order valence-corrected chi connectivity index (χ3v) is 3.12. The second-order valence-electron chi connectivity index (χ2n) is 4.72. The van der Waals surface area contributed by atoms with Crippen LogP contribution in [0.25, 0.3) is 0 Å². The highest BCUT2D eigenvalue weighted by Gasteiger charge is 2.07. The minimum Gasteiger partial charge on any atom is -0.494 e. The molecule has 0 bridgehead atoms. The molecule has 2 aromatic rings. The van der Waals surface area contributed by atoms with Gasteiger partial charge in [-0.05, 0) is 50.6 Å². The molecule has 4 nitrogen and oxygen atoms in total. The molecule has 2 rings (SSSR count). The van der Waals surface area contributed by atoms with Crippen molar-refractivity contribution >= 4 is 17.1 Å². The quantitative estimate of drug-likeness (QED) is 0.784. The molecule has 0 saturated heterocycles. The van der Waals surface area contributed by atoms with E-state index >= 15 is 0 Å². The molecule has 0 aliphatic carbocycles. The van der Waals surface area contributed by atoms with Gasteiger partial charge in [-0.3, -0.25) is 0 Å². The van der Waals surface area contributed by atoms with Crippen LogP contribution in [0.4, 0.5) is 17.1 Å². The summed E-state index contributed by atoms with van der Waals surface area (Å²) in [7, 11) is 0. The van der Waals surface area contributed by atoms with E-state index in [1.165, 1.54) is 0 Å². The van der Waals surface area contributed by atoms with E-state index in [-0.39, 0.29) is 0 Å². The molecule has 0 fully saturated rings. The molecular formula is C17H22N2O2. The van der Waals surface area contributed by atoms with E-state index < -0.39 is 0 Å². The van der Waals surface area contributed by atoms with E-state index in [1.807, 2.05) is 57.2 Å². The van der Waals surface area contributed by atoms with Crippen LogP contribution in [0.15, 0.2) is 36.4 Å². The van der Waals surface area contributed by atoms with Gasteiger partial charge < -0.3 is 20.5 Å². The number of aryl methyl sites for hydroxylation is 1. The number of nitrogens with two attached hydrogens (primary N) is 1. The Morgan fingerprint density at radius 1 is 1.00 bits per heavy atom. The zero-order valence-electron chi connectivity index (χ0n) is 12.8. The van der Waals surface area contributed by atoms with Gasteiger partial charge in [0.1, 0.15) is 11.5 Å². The Morgan fingerprint density at radius 2 is 1.76 bits per heavy atom. The maximum absolute atomic E-state index is 5.95. The number of ether oxygens (including phenoxy) is 2. The number of hydrogen-bond acceptors (Lipinski definition) is 4. The van der Waals surface area contributed by atoms with Gasteiger partial charge in [-0.2, -0.15) is 0 Å². The van der Waals surface area contributed by atoms with Crippen molar-refractivity contribution < 1.29 is 9.47 Å². The SMILES string of the molecule is CCOc1ccc(OCC)c(Nc2ccc(C)c(N)c2)c1. The van der Waals surface area contributed by atoms with Gasteiger partial charge in [-0.25, -0.2) is 0 Å². The predicted octanol–water partition coefficient (Wildman–Crippen LogP) is 4.12. The lowest BCUT2D eigenvalue weighted by molar-refractivity contribution is 0.332. The van der Waals surface area contributed by atoms with Gasteiger partial charge in [0.25, 0.3) is 0 Å². The zero-order valence-corrected chi connectivity index (χ0v) is 12.8. The van der Waals surface area contributed by atoms with Gasteiger partial charge in [0.15, 0.2) is 0 Å². The van der Waals surface area contributed by atoms with Gasteiger partial charge in [-0.1, -0.05) is 6.07 Å². The maximum atomic E-state index is 5.95. The van der Waals surface area contributed by atoms with E-state index in [0.29, 0.717) is 13.2 Å². The summed E-state index contributed by atoms with van der Waals surface area (Å²) in [5.74, 6) is 1.60. The van der Waals surface area contributed by atoms with Gasteiger partial charge >= 0.3 is 0 Å². The molecule has 3 N–H and O–H groups in total. The summed E-state index contributed by atoms with van der Waals surface area (Å²) >= 11 is 0. The Bertz CT molecular complexity index is 612. The largest absolute Gasteiger partial charge is 0.494 e. The van der Waals surface area contributed by atoms with Crippen LogP contribution >= 0.6 is 0 Å². The van der Waals surface area contributed by atoms with Crippen molar-refractivity contribution in [3.8, 4) is 11.5 Å². The third kappa shape index (κ3) is 3.81. The highest BCUT2D eigenvalue weighted by Crippen LogP contribution is 2.32. The summed E-state index contributed by atoms with van der Waals surface area (Å²) in [4.78, 5) is 0. The highest BCUT2D eigenvalue weighted by atomic mass is 16.5. The first-order valence-corrected chi connectivity index (χ1v) is 7.16. The number of rotatable bonds is 6. The molecule has 0 aliphatic rings. The van der Waals surface area contributed by atoms with Crippen molar-refractivity contribution in [2.75, 3.05) is 24.3 Å². The Labute approximate surface area is 125 Å². The molecule has 0 saturated carbocycles. The van der Waals surface area contributed by atoms with Crippen molar-refractivity contribution in [3.63, 3.8) is 0 Å². The Kier molecular flexibility index (Phi) is 4.93. The molecule has 0 spiro atoms. The van der Waals surface area contributed by atoms with Crippen molar-refractivity contribution in [1.82, 2.24) is 0 Å². The van der Waals surface area contributed by atoms with Crippen molar-refractivity contribution in [1.29, 1.82) is 0 Å². The van der Waals surface area contributed by atoms with E-state index in [2.05, 4.69) is 5.32 Å². The molecule has 2 aromatic carbocycles. The van der Waals surface area contributed by atoms with Crippen LogP contribution in [-0.4, -0.2) is 13.2 Å². The summed E-state index contributed by atoms with van der Waals surface area (Å²) < 4.78 is 11.2. The lowest BCUT2D eigenvalue weighted by atomic mass is 10.2. The Morgan fingerprint density at radius 3 is 2.43 bits per heavy atom. The summed E-state index contributed by atoms with van der Waals surface area (Å²) in [5, 5.41) is 3.34. The monoisotopic (exact) mass is 286 g/mol. The van der Waals surface area contributed by atoms with E-state index in [9.17, 15) is 0 Å². The van der Waals surface area contributed by atoms with Gasteiger partial charge in [0, 0.05) is 17.4 Å². The van der Waals surface area contributed by atoms with E-state index in [4.69, 9.17) is 15.2 Å². The predicted molar refractivity (Wildman–Crippen MR) is 87.7 cm³/mol. The van der Waals surface area contributed by atoms with Crippen LogP contribution < -0.4 is 20.5 Å². The normalized spacial score (nSPS) is 10.2. The molecule has 0 atom stereocenters. The summed E-state index contributed by atoms with van der Waals surface area (Å²) in [6, 6.07) is 11.7. The first-order chi connectivity index (χ1) is 10.1. The Hall–Kier alpha value is -2.36. The molecular weight excluding hydrogens is 264 g/mol. The number of benzene rings is 2. The fraction of sp³-hybridized carbons (Fsp3) is 0.294. The van der Waals surface area contributed by atoms with Crippen LogP contribution in [0.2, 0.25) is 0 Å². The molecule has 0 amide bonds. The second-order valence-corrected chi connectivity index (χ2v) is 4.72. The third-order valence-electron chi connectivity index (χ3n) is 3.12. The number of anilines is 3. The lowest BCUT2D eigenvalue weighted by Gasteiger charge is -2.15. The van der Waals surface area contributed by atoms with Crippen LogP contribution in [0.3, 0.4) is 0 Å². The van der Waals surface area contributed by atoms with Crippen LogP contribution in [0, 0.1) is 6.92 Å². The van der Waals surface area contributed by atoms with Crippen molar-refractivity contribution in [3.05, 3.63) is 42.0 Å². The first-order valence-electron chi connectivity index (χ1n) is 7.16. The average molecular weight is 286 g/mol. The summed E-state index contributed by atoms with van der Waals surface area (Å²) in [6.07, 6.45) is 0. The fourth-order valence-corrected chi connectivity index (χ4v) is 2.02. The topological polar surface area (TPSA) is 56.5 Å². The number of nitrogens with one attached hydrogen (secondary N) is 1. The fourth-order valence-electron chi connectivity index (χ4n) is 2.02. The molecule has 0 heterocycles. The second kappa shape index (κ2) is 6.88. The standard InChI is InChI=1S/C17H22N2O2/c1-4-20-14-8-9-17(21-5-2)16(11-14)19-13-7-6-12(3)15(18)10-13/h6-11,19H,4-5,18H2,1-3H3.